The van der Waals surface area contributed by atoms with Gasteiger partial charge in [-0.3, -0.25) is 9.59 Å². The summed E-state index contributed by atoms with van der Waals surface area (Å²) in [5.41, 5.74) is 1.09. The Balaban J connectivity index is 1.58. The van der Waals surface area contributed by atoms with Crippen LogP contribution in [0.4, 0.5) is 5.69 Å². The van der Waals surface area contributed by atoms with Gasteiger partial charge in [0, 0.05) is 16.7 Å². The Morgan fingerprint density at radius 1 is 1.08 bits per heavy atom. The number of anilines is 1. The molecule has 0 heterocycles. The second-order valence-electron chi connectivity index (χ2n) is 7.47. The summed E-state index contributed by atoms with van der Waals surface area (Å²) in [6.45, 7) is 2.57. The summed E-state index contributed by atoms with van der Waals surface area (Å²) in [6, 6.07) is 7.62. The molecule has 1 spiro atoms. The van der Waals surface area contributed by atoms with Crippen molar-refractivity contribution in [3.63, 3.8) is 0 Å². The van der Waals surface area contributed by atoms with Crippen LogP contribution < -0.4 is 10.6 Å². The number of hydrogen-bond acceptors (Lipinski definition) is 2. The maximum Gasteiger partial charge on any atom is 0.228 e. The summed E-state index contributed by atoms with van der Waals surface area (Å²) in [5, 5.41) is 6.02. The van der Waals surface area contributed by atoms with E-state index in [1.807, 2.05) is 31.2 Å². The summed E-state index contributed by atoms with van der Waals surface area (Å²) < 4.78 is 0.984. The van der Waals surface area contributed by atoms with E-state index in [2.05, 4.69) is 26.6 Å². The molecule has 5 heteroatoms. The second kappa shape index (κ2) is 5.87. The molecule has 0 aliphatic heterocycles. The lowest BCUT2D eigenvalue weighted by Crippen LogP contribution is -2.43. The van der Waals surface area contributed by atoms with Crippen LogP contribution in [0.15, 0.2) is 28.7 Å². The molecule has 2 bridgehead atoms. The molecule has 2 amide bonds. The number of carbonyl (C=O) groups excluding carboxylic acids is 2. The summed E-state index contributed by atoms with van der Waals surface area (Å²) in [7, 11) is 0. The molecule has 24 heavy (non-hydrogen) atoms. The van der Waals surface area contributed by atoms with E-state index in [1.54, 1.807) is 0 Å². The third-order valence-corrected chi connectivity index (χ3v) is 6.94. The van der Waals surface area contributed by atoms with Gasteiger partial charge in [-0.25, -0.2) is 0 Å². The molecule has 4 atom stereocenters. The van der Waals surface area contributed by atoms with Crippen molar-refractivity contribution in [2.75, 3.05) is 11.9 Å². The molecule has 4 nitrogen and oxygen atoms in total. The standard InChI is InChI=1S/C19H23BrN2O2/c1-2-21-17(23)15-13-7-8-14(19(13)9-10-19)16(15)18(24)22-12-5-3-11(20)4-6-12/h3-6,13-16H,2,7-10H2,1H3,(H,21,23)(H,22,24)/t13-,14+,15+,16-/m1/s1. The van der Waals surface area contributed by atoms with Crippen molar-refractivity contribution in [1.29, 1.82) is 0 Å². The van der Waals surface area contributed by atoms with Gasteiger partial charge in [-0.1, -0.05) is 15.9 Å². The van der Waals surface area contributed by atoms with Crippen LogP contribution in [0.1, 0.15) is 32.6 Å². The third-order valence-electron chi connectivity index (χ3n) is 6.42. The molecule has 0 saturated heterocycles. The average Bonchev–Trinajstić information content (AvgIpc) is 3.23. The first-order valence-electron chi connectivity index (χ1n) is 8.91. The third kappa shape index (κ3) is 2.40. The van der Waals surface area contributed by atoms with Crippen LogP contribution in [-0.2, 0) is 9.59 Å². The number of halogens is 1. The smallest absolute Gasteiger partial charge is 0.228 e. The molecule has 1 aromatic rings. The van der Waals surface area contributed by atoms with E-state index in [1.165, 1.54) is 12.8 Å². The molecule has 3 aliphatic rings. The van der Waals surface area contributed by atoms with Crippen molar-refractivity contribution in [3.05, 3.63) is 28.7 Å². The molecule has 128 valence electrons. The van der Waals surface area contributed by atoms with Crippen LogP contribution in [0.2, 0.25) is 0 Å². The van der Waals surface area contributed by atoms with Gasteiger partial charge in [0.15, 0.2) is 0 Å². The Morgan fingerprint density at radius 3 is 2.21 bits per heavy atom. The number of nitrogens with one attached hydrogen (secondary N) is 2. The molecule has 4 rings (SSSR count). The number of carbonyl (C=O) groups is 2. The van der Waals surface area contributed by atoms with E-state index in [9.17, 15) is 9.59 Å². The molecule has 3 aliphatic carbocycles. The van der Waals surface area contributed by atoms with Crippen molar-refractivity contribution >= 4 is 33.4 Å². The number of amides is 2. The van der Waals surface area contributed by atoms with Gasteiger partial charge in [0.25, 0.3) is 0 Å². The van der Waals surface area contributed by atoms with E-state index in [0.717, 1.165) is 23.0 Å². The lowest BCUT2D eigenvalue weighted by Gasteiger charge is -2.29. The maximum atomic E-state index is 13.0. The maximum absolute atomic E-state index is 13.0. The van der Waals surface area contributed by atoms with Crippen molar-refractivity contribution in [2.24, 2.45) is 29.1 Å². The minimum absolute atomic E-state index is 0.0204. The first-order chi connectivity index (χ1) is 11.6. The molecule has 1 aromatic carbocycles. The highest BCUT2D eigenvalue weighted by atomic mass is 79.9. The topological polar surface area (TPSA) is 58.2 Å². The van der Waals surface area contributed by atoms with E-state index in [-0.39, 0.29) is 29.1 Å². The molecular formula is C19H23BrN2O2. The second-order valence-corrected chi connectivity index (χ2v) is 8.38. The largest absolute Gasteiger partial charge is 0.356 e. The molecule has 2 N–H and O–H groups in total. The number of benzene rings is 1. The highest BCUT2D eigenvalue weighted by Crippen LogP contribution is 2.74. The first kappa shape index (κ1) is 16.1. The molecule has 3 fully saturated rings. The summed E-state index contributed by atoms with van der Waals surface area (Å²) in [6.07, 6.45) is 4.59. The van der Waals surface area contributed by atoms with Gasteiger partial charge in [0.2, 0.25) is 11.8 Å². The van der Waals surface area contributed by atoms with Crippen molar-refractivity contribution in [1.82, 2.24) is 5.32 Å². The van der Waals surface area contributed by atoms with Gasteiger partial charge in [0.1, 0.15) is 0 Å². The summed E-state index contributed by atoms with van der Waals surface area (Å²) in [4.78, 5) is 25.7. The van der Waals surface area contributed by atoms with Crippen LogP contribution in [0.25, 0.3) is 0 Å². The van der Waals surface area contributed by atoms with Crippen molar-refractivity contribution in [2.45, 2.75) is 32.6 Å². The lowest BCUT2D eigenvalue weighted by atomic mass is 9.78. The highest BCUT2D eigenvalue weighted by molar-refractivity contribution is 9.10. The minimum atomic E-state index is -0.179. The van der Waals surface area contributed by atoms with E-state index in [0.29, 0.717) is 18.4 Å². The van der Waals surface area contributed by atoms with Gasteiger partial charge in [-0.05, 0) is 74.1 Å². The lowest BCUT2D eigenvalue weighted by molar-refractivity contribution is -0.134. The zero-order valence-corrected chi connectivity index (χ0v) is 15.4. The quantitative estimate of drug-likeness (QED) is 0.825. The predicted molar refractivity (Wildman–Crippen MR) is 96.3 cm³/mol. The van der Waals surface area contributed by atoms with Crippen LogP contribution in [-0.4, -0.2) is 18.4 Å². The molecule has 0 radical (unpaired) electrons. The van der Waals surface area contributed by atoms with Gasteiger partial charge in [0.05, 0.1) is 11.8 Å². The van der Waals surface area contributed by atoms with Crippen LogP contribution in [0.5, 0.6) is 0 Å². The van der Waals surface area contributed by atoms with Gasteiger partial charge in [-0.15, -0.1) is 0 Å². The fraction of sp³-hybridized carbons (Fsp3) is 0.579. The van der Waals surface area contributed by atoms with E-state index in [4.69, 9.17) is 0 Å². The molecule has 0 unspecified atom stereocenters. The first-order valence-corrected chi connectivity index (χ1v) is 9.70. The van der Waals surface area contributed by atoms with E-state index >= 15 is 0 Å². The predicted octanol–water partition coefficient (Wildman–Crippen LogP) is 3.58. The highest BCUT2D eigenvalue weighted by Gasteiger charge is 2.71. The zero-order valence-electron chi connectivity index (χ0n) is 13.8. The van der Waals surface area contributed by atoms with Crippen molar-refractivity contribution in [3.8, 4) is 0 Å². The molecular weight excluding hydrogens is 368 g/mol. The normalized spacial score (nSPS) is 31.9. The average molecular weight is 391 g/mol. The van der Waals surface area contributed by atoms with Crippen LogP contribution >= 0.6 is 15.9 Å². The monoisotopic (exact) mass is 390 g/mol. The fourth-order valence-electron chi connectivity index (χ4n) is 5.41. The summed E-state index contributed by atoms with van der Waals surface area (Å²) >= 11 is 3.41. The van der Waals surface area contributed by atoms with Gasteiger partial charge in [-0.2, -0.15) is 0 Å². The van der Waals surface area contributed by atoms with Crippen LogP contribution in [0, 0.1) is 29.1 Å². The van der Waals surface area contributed by atoms with E-state index < -0.39 is 0 Å². The molecule has 0 aromatic heterocycles. The zero-order chi connectivity index (χ0) is 16.9. The summed E-state index contributed by atoms with van der Waals surface area (Å²) in [5.74, 6) is 0.544. The Labute approximate surface area is 150 Å². The SMILES string of the molecule is CCNC(=O)[C@@H]1[C@H](C(=O)Nc2ccc(Br)cc2)[C@@H]2CC[C@H]1C21CC1. The van der Waals surface area contributed by atoms with Crippen LogP contribution in [0.3, 0.4) is 0 Å². The fourth-order valence-corrected chi connectivity index (χ4v) is 5.68. The van der Waals surface area contributed by atoms with Gasteiger partial charge < -0.3 is 10.6 Å². The minimum Gasteiger partial charge on any atom is -0.356 e. The number of hydrogen-bond donors (Lipinski definition) is 2. The van der Waals surface area contributed by atoms with Crippen molar-refractivity contribution < 1.29 is 9.59 Å². The Hall–Kier alpha value is -1.36. The molecule has 3 saturated carbocycles. The number of rotatable bonds is 4. The van der Waals surface area contributed by atoms with Gasteiger partial charge >= 0.3 is 0 Å². The Kier molecular flexibility index (Phi) is 3.94. The Morgan fingerprint density at radius 2 is 1.67 bits per heavy atom. The Bertz CT molecular complexity index is 668.